The maximum atomic E-state index is 11.5. The predicted molar refractivity (Wildman–Crippen MR) is 70.0 cm³/mol. The van der Waals surface area contributed by atoms with Gasteiger partial charge in [-0.2, -0.15) is 0 Å². The first-order valence-corrected chi connectivity index (χ1v) is 6.14. The van der Waals surface area contributed by atoms with Gasteiger partial charge in [0, 0.05) is 6.42 Å². The van der Waals surface area contributed by atoms with Crippen LogP contribution in [0.2, 0.25) is 0 Å². The maximum absolute atomic E-state index is 11.5. The number of benzene rings is 1. The van der Waals surface area contributed by atoms with Crippen LogP contribution < -0.4 is 0 Å². The molecule has 17 heavy (non-hydrogen) atoms. The average molecular weight is 234 g/mol. The second kappa shape index (κ2) is 5.85. The third-order valence-electron chi connectivity index (χ3n) is 2.39. The Kier molecular flexibility index (Phi) is 4.73. The number of hydrogen-bond acceptors (Lipinski definition) is 2. The second-order valence-corrected chi connectivity index (χ2v) is 5.43. The van der Waals surface area contributed by atoms with Crippen molar-refractivity contribution in [1.29, 1.82) is 0 Å². The highest BCUT2D eigenvalue weighted by molar-refractivity contribution is 5.69. The number of esters is 1. The maximum Gasteiger partial charge on any atom is 0.306 e. The van der Waals surface area contributed by atoms with Gasteiger partial charge in [-0.1, -0.05) is 29.8 Å². The summed E-state index contributed by atoms with van der Waals surface area (Å²) in [5.74, 6) is -0.107. The molecule has 0 atom stereocenters. The molecule has 1 rings (SSSR count). The Balaban J connectivity index is 2.28. The van der Waals surface area contributed by atoms with Crippen molar-refractivity contribution in [3.63, 3.8) is 0 Å². The molecule has 0 spiro atoms. The van der Waals surface area contributed by atoms with Gasteiger partial charge in [0.2, 0.25) is 0 Å². The highest BCUT2D eigenvalue weighted by Gasteiger charge is 2.15. The number of ether oxygens (including phenoxy) is 1. The first kappa shape index (κ1) is 13.8. The minimum atomic E-state index is -0.374. The van der Waals surface area contributed by atoms with Crippen molar-refractivity contribution in [3.05, 3.63) is 35.4 Å². The molecule has 0 amide bonds. The van der Waals surface area contributed by atoms with Crippen LogP contribution in [0.4, 0.5) is 0 Å². The molecule has 0 aliphatic rings. The van der Waals surface area contributed by atoms with Gasteiger partial charge in [0.1, 0.15) is 5.60 Å². The zero-order valence-electron chi connectivity index (χ0n) is 11.2. The van der Waals surface area contributed by atoms with Crippen LogP contribution in [-0.4, -0.2) is 11.6 Å². The molecule has 2 heteroatoms. The molecule has 0 saturated heterocycles. The summed E-state index contributed by atoms with van der Waals surface area (Å²) in [7, 11) is 0. The van der Waals surface area contributed by atoms with Crippen LogP contribution in [0, 0.1) is 6.92 Å². The van der Waals surface area contributed by atoms with Crippen LogP contribution in [0.25, 0.3) is 0 Å². The molecule has 0 saturated carbocycles. The molecule has 0 heterocycles. The van der Waals surface area contributed by atoms with Gasteiger partial charge in [-0.3, -0.25) is 4.79 Å². The molecule has 0 aromatic heterocycles. The van der Waals surface area contributed by atoms with Crippen LogP contribution in [0.1, 0.15) is 44.7 Å². The summed E-state index contributed by atoms with van der Waals surface area (Å²) in [5.41, 5.74) is 2.17. The lowest BCUT2D eigenvalue weighted by atomic mass is 10.1. The molecule has 0 radical (unpaired) electrons. The van der Waals surface area contributed by atoms with Gasteiger partial charge in [0.05, 0.1) is 0 Å². The molecule has 0 N–H and O–H groups in total. The Labute approximate surface area is 104 Å². The molecule has 1 aromatic carbocycles. The van der Waals surface area contributed by atoms with Crippen molar-refractivity contribution in [2.45, 2.75) is 52.6 Å². The summed E-state index contributed by atoms with van der Waals surface area (Å²) in [6.45, 7) is 7.76. The van der Waals surface area contributed by atoms with Crippen molar-refractivity contribution < 1.29 is 9.53 Å². The monoisotopic (exact) mass is 234 g/mol. The topological polar surface area (TPSA) is 26.3 Å². The highest BCUT2D eigenvalue weighted by Crippen LogP contribution is 2.11. The van der Waals surface area contributed by atoms with Gasteiger partial charge in [0.15, 0.2) is 0 Å². The number of carbonyl (C=O) groups is 1. The average Bonchev–Trinajstić information content (AvgIpc) is 2.18. The molecule has 2 nitrogen and oxygen atoms in total. The van der Waals surface area contributed by atoms with Crippen molar-refractivity contribution in [2.24, 2.45) is 0 Å². The summed E-state index contributed by atoms with van der Waals surface area (Å²) >= 11 is 0. The lowest BCUT2D eigenvalue weighted by Crippen LogP contribution is -2.23. The van der Waals surface area contributed by atoms with E-state index in [0.29, 0.717) is 6.42 Å². The molecule has 0 aliphatic heterocycles. The summed E-state index contributed by atoms with van der Waals surface area (Å²) in [6, 6.07) is 8.43. The van der Waals surface area contributed by atoms with Crippen LogP contribution in [0.5, 0.6) is 0 Å². The van der Waals surface area contributed by atoms with Crippen molar-refractivity contribution in [3.8, 4) is 0 Å². The van der Waals surface area contributed by atoms with E-state index in [4.69, 9.17) is 4.74 Å². The second-order valence-electron chi connectivity index (χ2n) is 5.43. The highest BCUT2D eigenvalue weighted by atomic mass is 16.6. The lowest BCUT2D eigenvalue weighted by molar-refractivity contribution is -0.154. The van der Waals surface area contributed by atoms with Gasteiger partial charge in [-0.15, -0.1) is 0 Å². The minimum absolute atomic E-state index is 0.107. The van der Waals surface area contributed by atoms with Gasteiger partial charge in [-0.25, -0.2) is 0 Å². The predicted octanol–water partition coefficient (Wildman–Crippen LogP) is 3.66. The van der Waals surface area contributed by atoms with Crippen molar-refractivity contribution >= 4 is 5.97 Å². The largest absolute Gasteiger partial charge is 0.460 e. The molecular weight excluding hydrogens is 212 g/mol. The zero-order chi connectivity index (χ0) is 12.9. The smallest absolute Gasteiger partial charge is 0.306 e. The Morgan fingerprint density at radius 2 is 1.76 bits per heavy atom. The van der Waals surface area contributed by atoms with E-state index in [9.17, 15) is 4.79 Å². The summed E-state index contributed by atoms with van der Waals surface area (Å²) < 4.78 is 5.26. The first-order valence-electron chi connectivity index (χ1n) is 6.14. The fourth-order valence-corrected chi connectivity index (χ4v) is 1.58. The standard InChI is InChI=1S/C15H22O2/c1-12-8-10-13(11-9-12)6-5-7-14(16)17-15(2,3)4/h8-11H,5-7H2,1-4H3. The Morgan fingerprint density at radius 3 is 2.29 bits per heavy atom. The molecule has 0 bridgehead atoms. The van der Waals surface area contributed by atoms with E-state index in [2.05, 4.69) is 31.2 Å². The van der Waals surface area contributed by atoms with Crippen LogP contribution in [0.15, 0.2) is 24.3 Å². The summed E-state index contributed by atoms with van der Waals surface area (Å²) in [6.07, 6.45) is 2.27. The molecule has 0 fully saturated rings. The SMILES string of the molecule is Cc1ccc(CCCC(=O)OC(C)(C)C)cc1. The van der Waals surface area contributed by atoms with Crippen molar-refractivity contribution in [2.75, 3.05) is 0 Å². The van der Waals surface area contributed by atoms with E-state index in [0.717, 1.165) is 12.8 Å². The Bertz CT molecular complexity index is 358. The quantitative estimate of drug-likeness (QED) is 0.743. The van der Waals surface area contributed by atoms with E-state index in [-0.39, 0.29) is 11.6 Å². The van der Waals surface area contributed by atoms with Crippen LogP contribution >= 0.6 is 0 Å². The third-order valence-corrected chi connectivity index (χ3v) is 2.39. The van der Waals surface area contributed by atoms with Gasteiger partial charge >= 0.3 is 5.97 Å². The van der Waals surface area contributed by atoms with E-state index < -0.39 is 0 Å². The van der Waals surface area contributed by atoms with E-state index in [1.165, 1.54) is 11.1 Å². The Hall–Kier alpha value is -1.31. The molecular formula is C15H22O2. The molecule has 0 aliphatic carbocycles. The fourth-order valence-electron chi connectivity index (χ4n) is 1.58. The fraction of sp³-hybridized carbons (Fsp3) is 0.533. The number of carbonyl (C=O) groups excluding carboxylic acids is 1. The number of rotatable bonds is 4. The van der Waals surface area contributed by atoms with Gasteiger partial charge < -0.3 is 4.74 Å². The van der Waals surface area contributed by atoms with Gasteiger partial charge in [0.25, 0.3) is 0 Å². The summed E-state index contributed by atoms with van der Waals surface area (Å²) in [4.78, 5) is 11.5. The van der Waals surface area contributed by atoms with E-state index in [1.54, 1.807) is 0 Å². The minimum Gasteiger partial charge on any atom is -0.460 e. The summed E-state index contributed by atoms with van der Waals surface area (Å²) in [5, 5.41) is 0. The third kappa shape index (κ3) is 6.10. The van der Waals surface area contributed by atoms with Crippen molar-refractivity contribution in [1.82, 2.24) is 0 Å². The normalized spacial score (nSPS) is 11.3. The lowest BCUT2D eigenvalue weighted by Gasteiger charge is -2.19. The molecule has 94 valence electrons. The zero-order valence-corrected chi connectivity index (χ0v) is 11.2. The van der Waals surface area contributed by atoms with E-state index >= 15 is 0 Å². The van der Waals surface area contributed by atoms with Crippen LogP contribution in [-0.2, 0) is 16.0 Å². The van der Waals surface area contributed by atoms with Crippen LogP contribution in [0.3, 0.4) is 0 Å². The molecule has 0 unspecified atom stereocenters. The molecule has 1 aromatic rings. The number of hydrogen-bond donors (Lipinski definition) is 0. The first-order chi connectivity index (χ1) is 7.87. The Morgan fingerprint density at radius 1 is 1.18 bits per heavy atom. The number of aryl methyl sites for hydroxylation is 2. The van der Waals surface area contributed by atoms with E-state index in [1.807, 2.05) is 20.8 Å². The van der Waals surface area contributed by atoms with Gasteiger partial charge in [-0.05, 0) is 46.1 Å².